The molecular formula is C32H26IrN2-2. The SMILES string of the molecule is CC(C)(C)c1cc[c-]c(-c2ccccn2)c1.[Ir].[c-]1ccccc1-c1cc2c3c(cccc3n1)C=C2. The van der Waals surface area contributed by atoms with Crippen molar-refractivity contribution in [3.8, 4) is 22.5 Å². The van der Waals surface area contributed by atoms with Gasteiger partial charge in [0.2, 0.25) is 0 Å². The van der Waals surface area contributed by atoms with Crippen LogP contribution in [0.1, 0.15) is 37.5 Å². The maximum Gasteiger partial charge on any atom is 0.0607 e. The number of aromatic nitrogens is 2. The number of pyridine rings is 2. The summed E-state index contributed by atoms with van der Waals surface area (Å²) in [6.45, 7) is 6.64. The Morgan fingerprint density at radius 1 is 0.686 bits per heavy atom. The molecule has 2 heterocycles. The maximum atomic E-state index is 4.74. The minimum atomic E-state index is 0. The van der Waals surface area contributed by atoms with E-state index < -0.39 is 0 Å². The molecule has 0 N–H and O–H groups in total. The zero-order chi connectivity index (χ0) is 23.5. The molecule has 1 radical (unpaired) electrons. The van der Waals surface area contributed by atoms with Crippen molar-refractivity contribution in [3.05, 3.63) is 120 Å². The zero-order valence-corrected chi connectivity index (χ0v) is 22.4. The van der Waals surface area contributed by atoms with Crippen LogP contribution in [0.3, 0.4) is 0 Å². The molecule has 1 aliphatic carbocycles. The second-order valence-electron chi connectivity index (χ2n) is 9.40. The van der Waals surface area contributed by atoms with Crippen molar-refractivity contribution in [2.75, 3.05) is 0 Å². The third-order valence-electron chi connectivity index (χ3n) is 5.93. The van der Waals surface area contributed by atoms with Crippen LogP contribution in [0.25, 0.3) is 45.6 Å². The molecule has 2 nitrogen and oxygen atoms in total. The summed E-state index contributed by atoms with van der Waals surface area (Å²) in [5.41, 5.74) is 9.12. The van der Waals surface area contributed by atoms with Crippen molar-refractivity contribution < 1.29 is 20.1 Å². The third-order valence-corrected chi connectivity index (χ3v) is 5.93. The van der Waals surface area contributed by atoms with Gasteiger partial charge in [-0.3, -0.25) is 4.98 Å². The van der Waals surface area contributed by atoms with Crippen molar-refractivity contribution >= 4 is 23.1 Å². The Kier molecular flexibility index (Phi) is 7.40. The minimum absolute atomic E-state index is 0. The van der Waals surface area contributed by atoms with Crippen molar-refractivity contribution in [2.24, 2.45) is 0 Å². The quantitative estimate of drug-likeness (QED) is 0.181. The molecule has 2 aromatic heterocycles. The summed E-state index contributed by atoms with van der Waals surface area (Å²) in [5.74, 6) is 0. The van der Waals surface area contributed by atoms with Crippen LogP contribution in [0.5, 0.6) is 0 Å². The molecule has 35 heavy (non-hydrogen) atoms. The van der Waals surface area contributed by atoms with Crippen molar-refractivity contribution in [1.82, 2.24) is 9.97 Å². The van der Waals surface area contributed by atoms with Crippen LogP contribution in [0.2, 0.25) is 0 Å². The maximum absolute atomic E-state index is 4.74. The summed E-state index contributed by atoms with van der Waals surface area (Å²) in [6, 6.07) is 35.0. The van der Waals surface area contributed by atoms with Crippen LogP contribution in [-0.4, -0.2) is 9.97 Å². The molecule has 1 aliphatic rings. The van der Waals surface area contributed by atoms with E-state index in [1.54, 1.807) is 0 Å². The molecule has 3 aromatic carbocycles. The molecule has 175 valence electrons. The Labute approximate surface area is 221 Å². The predicted octanol–water partition coefficient (Wildman–Crippen LogP) is 8.03. The van der Waals surface area contributed by atoms with Crippen LogP contribution in [0, 0.1) is 12.1 Å². The van der Waals surface area contributed by atoms with Gasteiger partial charge in [-0.25, -0.2) is 0 Å². The van der Waals surface area contributed by atoms with Gasteiger partial charge in [-0.15, -0.1) is 71.3 Å². The monoisotopic (exact) mass is 631 g/mol. The standard InChI is InChI=1S/C17H10N.C15H16N.Ir/c1-2-5-12(6-3-1)16-11-14-10-9-13-7-4-8-15(18-16)17(13)14;1-15(2,3)13-8-6-7-12(11-13)14-9-4-5-10-16-14;/h1-5,7-11H;4-6,8-11H,1-3H3;/q2*-1;. The fourth-order valence-electron chi connectivity index (χ4n) is 4.09. The van der Waals surface area contributed by atoms with Gasteiger partial charge in [-0.1, -0.05) is 63.3 Å². The van der Waals surface area contributed by atoms with Gasteiger partial charge < -0.3 is 4.98 Å². The molecule has 0 spiro atoms. The Bertz CT molecular complexity index is 1470. The van der Waals surface area contributed by atoms with Crippen LogP contribution in [0.4, 0.5) is 0 Å². The molecule has 0 atom stereocenters. The van der Waals surface area contributed by atoms with Gasteiger partial charge in [-0.05, 0) is 40.1 Å². The van der Waals surface area contributed by atoms with Gasteiger partial charge in [0.05, 0.1) is 5.52 Å². The number of nitrogens with zero attached hydrogens (tertiary/aromatic N) is 2. The summed E-state index contributed by atoms with van der Waals surface area (Å²) < 4.78 is 0. The largest absolute Gasteiger partial charge is 0.305 e. The molecule has 0 fully saturated rings. The zero-order valence-electron chi connectivity index (χ0n) is 20.0. The summed E-state index contributed by atoms with van der Waals surface area (Å²) in [4.78, 5) is 9.08. The Morgan fingerprint density at radius 2 is 1.49 bits per heavy atom. The fourth-order valence-corrected chi connectivity index (χ4v) is 4.09. The second-order valence-corrected chi connectivity index (χ2v) is 9.40. The van der Waals surface area contributed by atoms with E-state index >= 15 is 0 Å². The number of benzene rings is 3. The van der Waals surface area contributed by atoms with Gasteiger partial charge in [0.1, 0.15) is 0 Å². The Balaban J connectivity index is 0.000000162. The second kappa shape index (κ2) is 10.5. The number of rotatable bonds is 2. The number of hydrogen-bond acceptors (Lipinski definition) is 2. The third kappa shape index (κ3) is 5.48. The molecule has 5 aromatic rings. The topological polar surface area (TPSA) is 25.8 Å². The molecule has 0 unspecified atom stereocenters. The van der Waals surface area contributed by atoms with Crippen LogP contribution in [0.15, 0.2) is 91.1 Å². The average molecular weight is 631 g/mol. The molecular weight excluding hydrogens is 605 g/mol. The van der Waals surface area contributed by atoms with Gasteiger partial charge in [0.25, 0.3) is 0 Å². The summed E-state index contributed by atoms with van der Waals surface area (Å²) >= 11 is 0. The molecule has 3 heteroatoms. The smallest absolute Gasteiger partial charge is 0.0607 e. The molecule has 0 amide bonds. The fraction of sp³-hybridized carbons (Fsp3) is 0.125. The van der Waals surface area contributed by atoms with Gasteiger partial charge in [0.15, 0.2) is 0 Å². The normalized spacial score (nSPS) is 11.5. The van der Waals surface area contributed by atoms with E-state index in [4.69, 9.17) is 4.98 Å². The van der Waals surface area contributed by atoms with E-state index in [-0.39, 0.29) is 25.5 Å². The first-order valence-corrected chi connectivity index (χ1v) is 11.5. The molecule has 0 bridgehead atoms. The van der Waals surface area contributed by atoms with Crippen molar-refractivity contribution in [2.45, 2.75) is 26.2 Å². The van der Waals surface area contributed by atoms with E-state index in [9.17, 15) is 0 Å². The van der Waals surface area contributed by atoms with Crippen LogP contribution < -0.4 is 0 Å². The number of hydrogen-bond donors (Lipinski definition) is 0. The van der Waals surface area contributed by atoms with Gasteiger partial charge >= 0.3 is 0 Å². The van der Waals surface area contributed by atoms with E-state index in [1.165, 1.54) is 22.1 Å². The van der Waals surface area contributed by atoms with E-state index in [2.05, 4.69) is 86.4 Å². The van der Waals surface area contributed by atoms with E-state index in [0.717, 1.165) is 28.0 Å². The first kappa shape index (κ1) is 24.7. The summed E-state index contributed by atoms with van der Waals surface area (Å²) in [5, 5.41) is 1.26. The molecule has 0 aliphatic heterocycles. The van der Waals surface area contributed by atoms with E-state index in [1.807, 2.05) is 54.7 Å². The average Bonchev–Trinajstić information content (AvgIpc) is 3.30. The molecule has 0 saturated carbocycles. The molecule has 6 rings (SSSR count). The van der Waals surface area contributed by atoms with Crippen LogP contribution >= 0.6 is 0 Å². The minimum Gasteiger partial charge on any atom is -0.305 e. The molecule has 0 saturated heterocycles. The first-order valence-electron chi connectivity index (χ1n) is 11.5. The Morgan fingerprint density at radius 3 is 2.23 bits per heavy atom. The van der Waals surface area contributed by atoms with Crippen molar-refractivity contribution in [3.63, 3.8) is 0 Å². The van der Waals surface area contributed by atoms with Crippen LogP contribution in [-0.2, 0) is 25.5 Å². The first-order chi connectivity index (χ1) is 16.5. The van der Waals surface area contributed by atoms with Gasteiger partial charge in [-0.2, -0.15) is 0 Å². The predicted molar refractivity (Wildman–Crippen MR) is 142 cm³/mol. The summed E-state index contributed by atoms with van der Waals surface area (Å²) in [6.07, 6.45) is 6.12. The summed E-state index contributed by atoms with van der Waals surface area (Å²) in [7, 11) is 0. The van der Waals surface area contributed by atoms with Gasteiger partial charge in [0, 0.05) is 31.7 Å². The van der Waals surface area contributed by atoms with E-state index in [0.29, 0.717) is 0 Å². The Hall–Kier alpha value is -3.39. The van der Waals surface area contributed by atoms with Crippen molar-refractivity contribution in [1.29, 1.82) is 0 Å².